The second-order valence-corrected chi connectivity index (χ2v) is 6.57. The molecule has 0 saturated heterocycles. The molecule has 8 heteroatoms. The molecule has 8 nitrogen and oxygen atoms in total. The first-order chi connectivity index (χ1) is 14.6. The molecule has 0 aliphatic carbocycles. The lowest BCUT2D eigenvalue weighted by Crippen LogP contribution is -2.20. The maximum atomic E-state index is 12.2. The van der Waals surface area contributed by atoms with Gasteiger partial charge in [0.05, 0.1) is 38.0 Å². The molecule has 3 aromatic rings. The third kappa shape index (κ3) is 5.68. The van der Waals surface area contributed by atoms with Gasteiger partial charge in [-0.05, 0) is 30.7 Å². The molecule has 0 fully saturated rings. The number of methoxy groups -OCH3 is 2. The summed E-state index contributed by atoms with van der Waals surface area (Å²) in [6, 6.07) is 13.1. The van der Waals surface area contributed by atoms with E-state index in [0.29, 0.717) is 30.3 Å². The van der Waals surface area contributed by atoms with Crippen LogP contribution in [0.3, 0.4) is 0 Å². The van der Waals surface area contributed by atoms with Crippen LogP contribution in [0.25, 0.3) is 0 Å². The maximum Gasteiger partial charge on any atom is 0.324 e. The molecule has 0 spiro atoms. The molecule has 1 heterocycles. The van der Waals surface area contributed by atoms with E-state index < -0.39 is 6.03 Å². The molecule has 0 radical (unpaired) electrons. The van der Waals surface area contributed by atoms with Gasteiger partial charge in [0, 0.05) is 18.7 Å². The number of nitrogens with one attached hydrogen (secondary N) is 3. The Morgan fingerprint density at radius 1 is 0.933 bits per heavy atom. The first kappa shape index (κ1) is 21.1. The Morgan fingerprint density at radius 2 is 1.73 bits per heavy atom. The summed E-state index contributed by atoms with van der Waals surface area (Å²) in [6.45, 7) is 3.14. The van der Waals surface area contributed by atoms with Crippen LogP contribution in [0.4, 0.5) is 16.3 Å². The van der Waals surface area contributed by atoms with E-state index >= 15 is 0 Å². The fourth-order valence-electron chi connectivity index (χ4n) is 2.87. The number of hydrogen-bond acceptors (Lipinski definition) is 6. The molecular weight excluding hydrogens is 382 g/mol. The van der Waals surface area contributed by atoms with E-state index in [0.717, 1.165) is 22.6 Å². The largest absolute Gasteiger partial charge is 0.496 e. The number of para-hydroxylation sites is 1. The number of nitrogens with zero attached hydrogens (tertiary/aromatic N) is 2. The highest BCUT2D eigenvalue weighted by molar-refractivity contribution is 6.00. The van der Waals surface area contributed by atoms with Crippen molar-refractivity contribution in [3.63, 3.8) is 0 Å². The Balaban J connectivity index is 1.58. The van der Waals surface area contributed by atoms with Crippen LogP contribution < -0.4 is 25.4 Å². The van der Waals surface area contributed by atoms with Gasteiger partial charge in [0.25, 0.3) is 0 Å². The third-order valence-electron chi connectivity index (χ3n) is 4.37. The molecule has 2 aromatic carbocycles. The van der Waals surface area contributed by atoms with Gasteiger partial charge in [-0.15, -0.1) is 0 Å². The van der Waals surface area contributed by atoms with Gasteiger partial charge in [0.1, 0.15) is 11.5 Å². The van der Waals surface area contributed by atoms with E-state index in [2.05, 4.69) is 25.9 Å². The number of carbonyl (C=O) groups excluding carboxylic acids is 1. The minimum Gasteiger partial charge on any atom is -0.496 e. The van der Waals surface area contributed by atoms with Crippen molar-refractivity contribution < 1.29 is 14.3 Å². The van der Waals surface area contributed by atoms with Crippen molar-refractivity contribution >= 4 is 17.5 Å². The average Bonchev–Trinajstić information content (AvgIpc) is 2.76. The molecular formula is C22H25N5O3. The number of anilines is 2. The zero-order valence-corrected chi connectivity index (χ0v) is 17.2. The SMILES string of the molecule is COc1ccccc1CNCc1ccc(NC(=O)Nc2cnc(C)cn2)c(OC)c1. The predicted octanol–water partition coefficient (Wildman–Crippen LogP) is 3.74. The van der Waals surface area contributed by atoms with E-state index in [-0.39, 0.29) is 0 Å². The van der Waals surface area contributed by atoms with Gasteiger partial charge < -0.3 is 20.1 Å². The normalized spacial score (nSPS) is 10.4. The zero-order chi connectivity index (χ0) is 21.3. The first-order valence-corrected chi connectivity index (χ1v) is 9.45. The van der Waals surface area contributed by atoms with Crippen LogP contribution in [0, 0.1) is 6.92 Å². The number of hydrogen-bond donors (Lipinski definition) is 3. The van der Waals surface area contributed by atoms with Crippen molar-refractivity contribution in [1.82, 2.24) is 15.3 Å². The number of rotatable bonds is 8. The smallest absolute Gasteiger partial charge is 0.324 e. The highest BCUT2D eigenvalue weighted by Crippen LogP contribution is 2.26. The Labute approximate surface area is 175 Å². The highest BCUT2D eigenvalue weighted by atomic mass is 16.5. The summed E-state index contributed by atoms with van der Waals surface area (Å²) in [5, 5.41) is 8.80. The molecule has 2 amide bonds. The summed E-state index contributed by atoms with van der Waals surface area (Å²) in [5.74, 6) is 1.79. The predicted molar refractivity (Wildman–Crippen MR) is 116 cm³/mol. The number of ether oxygens (including phenoxy) is 2. The van der Waals surface area contributed by atoms with Crippen molar-refractivity contribution in [2.24, 2.45) is 0 Å². The number of aromatic nitrogens is 2. The monoisotopic (exact) mass is 407 g/mol. The van der Waals surface area contributed by atoms with Crippen molar-refractivity contribution in [3.8, 4) is 11.5 Å². The van der Waals surface area contributed by atoms with Crippen LogP contribution in [0.5, 0.6) is 11.5 Å². The molecule has 3 rings (SSSR count). The number of carbonyl (C=O) groups is 1. The molecule has 1 aromatic heterocycles. The second-order valence-electron chi connectivity index (χ2n) is 6.57. The van der Waals surface area contributed by atoms with Crippen LogP contribution in [0.2, 0.25) is 0 Å². The van der Waals surface area contributed by atoms with Gasteiger partial charge in [0.15, 0.2) is 5.82 Å². The minimum absolute atomic E-state index is 0.370. The lowest BCUT2D eigenvalue weighted by molar-refractivity contribution is 0.262. The van der Waals surface area contributed by atoms with Gasteiger partial charge in [-0.25, -0.2) is 9.78 Å². The fraction of sp³-hybridized carbons (Fsp3) is 0.227. The number of aryl methyl sites for hydroxylation is 1. The average molecular weight is 407 g/mol. The lowest BCUT2D eigenvalue weighted by Gasteiger charge is -2.13. The topological polar surface area (TPSA) is 97.4 Å². The molecule has 0 saturated carbocycles. The van der Waals surface area contributed by atoms with Gasteiger partial charge in [-0.1, -0.05) is 24.3 Å². The standard InChI is InChI=1S/C22H25N5O3/c1-15-11-25-21(14-24-15)27-22(28)26-18-9-8-16(10-20(18)30-3)12-23-13-17-6-4-5-7-19(17)29-2/h4-11,14,23H,12-13H2,1-3H3,(H2,25,26,27,28). The van der Waals surface area contributed by atoms with Crippen LogP contribution in [-0.4, -0.2) is 30.2 Å². The Bertz CT molecular complexity index is 992. The maximum absolute atomic E-state index is 12.2. The Hall–Kier alpha value is -3.65. The molecule has 0 aliphatic rings. The first-order valence-electron chi connectivity index (χ1n) is 9.45. The summed E-state index contributed by atoms with van der Waals surface area (Å²) in [5.41, 5.74) is 3.44. The quantitative estimate of drug-likeness (QED) is 0.526. The molecule has 0 atom stereocenters. The van der Waals surface area contributed by atoms with Crippen molar-refractivity contribution in [1.29, 1.82) is 0 Å². The van der Waals surface area contributed by atoms with Crippen LogP contribution in [0.15, 0.2) is 54.9 Å². The highest BCUT2D eigenvalue weighted by Gasteiger charge is 2.10. The molecule has 0 bridgehead atoms. The van der Waals surface area contributed by atoms with Crippen LogP contribution >= 0.6 is 0 Å². The molecule has 156 valence electrons. The summed E-state index contributed by atoms with van der Waals surface area (Å²) >= 11 is 0. The summed E-state index contributed by atoms with van der Waals surface area (Å²) in [4.78, 5) is 20.4. The molecule has 0 aliphatic heterocycles. The summed E-state index contributed by atoms with van der Waals surface area (Å²) in [6.07, 6.45) is 3.09. The van der Waals surface area contributed by atoms with E-state index in [4.69, 9.17) is 9.47 Å². The number of urea groups is 1. The fourth-order valence-corrected chi connectivity index (χ4v) is 2.87. The molecule has 30 heavy (non-hydrogen) atoms. The van der Waals surface area contributed by atoms with Gasteiger partial charge >= 0.3 is 6.03 Å². The molecule has 3 N–H and O–H groups in total. The lowest BCUT2D eigenvalue weighted by atomic mass is 10.1. The van der Waals surface area contributed by atoms with Crippen LogP contribution in [-0.2, 0) is 13.1 Å². The second kappa shape index (κ2) is 10.2. The number of amides is 2. The third-order valence-corrected chi connectivity index (χ3v) is 4.37. The summed E-state index contributed by atoms with van der Waals surface area (Å²) in [7, 11) is 3.23. The van der Waals surface area contributed by atoms with Crippen molar-refractivity contribution in [2.75, 3.05) is 24.9 Å². The van der Waals surface area contributed by atoms with E-state index in [1.807, 2.05) is 43.3 Å². The zero-order valence-electron chi connectivity index (χ0n) is 17.2. The van der Waals surface area contributed by atoms with E-state index in [1.54, 1.807) is 26.5 Å². The Morgan fingerprint density at radius 3 is 2.47 bits per heavy atom. The van der Waals surface area contributed by atoms with Crippen molar-refractivity contribution in [2.45, 2.75) is 20.0 Å². The van der Waals surface area contributed by atoms with Gasteiger partial charge in [-0.3, -0.25) is 10.3 Å². The van der Waals surface area contributed by atoms with Crippen LogP contribution in [0.1, 0.15) is 16.8 Å². The van der Waals surface area contributed by atoms with Gasteiger partial charge in [0.2, 0.25) is 0 Å². The molecule has 0 unspecified atom stereocenters. The van der Waals surface area contributed by atoms with Crippen molar-refractivity contribution in [3.05, 3.63) is 71.7 Å². The number of benzene rings is 2. The van der Waals surface area contributed by atoms with E-state index in [1.165, 1.54) is 6.20 Å². The van der Waals surface area contributed by atoms with E-state index in [9.17, 15) is 4.79 Å². The summed E-state index contributed by atoms with van der Waals surface area (Å²) < 4.78 is 10.8. The Kier molecular flexibility index (Phi) is 7.18. The van der Waals surface area contributed by atoms with Gasteiger partial charge in [-0.2, -0.15) is 0 Å². The minimum atomic E-state index is -0.423.